The fraction of sp³-hybridized carbons (Fsp3) is 0. The Balaban J connectivity index is 1.65. The van der Waals surface area contributed by atoms with E-state index in [1.54, 1.807) is 0 Å². The quantitative estimate of drug-likeness (QED) is 0.208. The molecule has 1 heterocycles. The molecule has 4 rings (SSSR count). The van der Waals surface area contributed by atoms with Gasteiger partial charge < -0.3 is 9.26 Å². The van der Waals surface area contributed by atoms with Crippen LogP contribution in [-0.2, 0) is 0 Å². The van der Waals surface area contributed by atoms with Crippen LogP contribution in [0.25, 0.3) is 22.2 Å². The van der Waals surface area contributed by atoms with Crippen molar-refractivity contribution < 1.29 is 31.6 Å². The number of hydrogen-bond acceptors (Lipinski definition) is 4. The number of ether oxygens (including phenoxy) is 1. The van der Waals surface area contributed by atoms with Gasteiger partial charge >= 0.3 is 5.97 Å². The van der Waals surface area contributed by atoms with E-state index in [1.165, 1.54) is 30.3 Å². The van der Waals surface area contributed by atoms with Crippen LogP contribution in [0.5, 0.6) is 5.75 Å². The Morgan fingerprint density at radius 3 is 2.25 bits per heavy atom. The third kappa shape index (κ3) is 3.20. The van der Waals surface area contributed by atoms with Crippen molar-refractivity contribution in [1.29, 1.82) is 0 Å². The Kier molecular flexibility index (Phi) is 4.31. The average molecular weight is 387 g/mol. The zero-order valence-corrected chi connectivity index (χ0v) is 13.9. The minimum atomic E-state index is -1.58. The summed E-state index contributed by atoms with van der Waals surface area (Å²) in [5, 5.41) is 4.13. The molecule has 0 radical (unpaired) electrons. The second kappa shape index (κ2) is 6.80. The van der Waals surface area contributed by atoms with Crippen LogP contribution in [0.2, 0.25) is 0 Å². The molecular weight excluding hydrogens is 378 g/mol. The third-order valence-corrected chi connectivity index (χ3v) is 3.99. The van der Waals surface area contributed by atoms with Crippen LogP contribution >= 0.6 is 0 Å². The zero-order chi connectivity index (χ0) is 19.8. The van der Waals surface area contributed by atoms with Crippen LogP contribution in [0.4, 0.5) is 17.6 Å². The number of carbonyl (C=O) groups is 1. The van der Waals surface area contributed by atoms with Gasteiger partial charge in [0.05, 0.1) is 5.56 Å². The van der Waals surface area contributed by atoms with Gasteiger partial charge in [-0.25, -0.2) is 22.4 Å². The molecule has 0 aliphatic carbocycles. The molecule has 140 valence electrons. The van der Waals surface area contributed by atoms with Gasteiger partial charge in [0, 0.05) is 17.0 Å². The molecule has 1 aromatic heterocycles. The summed E-state index contributed by atoms with van der Waals surface area (Å²) in [6, 6.07) is 10.7. The highest BCUT2D eigenvalue weighted by molar-refractivity contribution is 5.94. The van der Waals surface area contributed by atoms with Crippen LogP contribution in [0.15, 0.2) is 59.1 Å². The van der Waals surface area contributed by atoms with Gasteiger partial charge in [0.1, 0.15) is 17.3 Å². The highest BCUT2D eigenvalue weighted by Gasteiger charge is 2.17. The Morgan fingerprint density at radius 2 is 1.57 bits per heavy atom. The lowest BCUT2D eigenvalue weighted by molar-refractivity contribution is 0.0735. The van der Waals surface area contributed by atoms with E-state index in [2.05, 4.69) is 5.16 Å². The molecule has 0 fully saturated rings. The lowest BCUT2D eigenvalue weighted by atomic mass is 10.1. The maximum atomic E-state index is 13.5. The van der Waals surface area contributed by atoms with E-state index >= 15 is 0 Å². The lowest BCUT2D eigenvalue weighted by Gasteiger charge is -2.04. The first-order valence-electron chi connectivity index (χ1n) is 7.94. The van der Waals surface area contributed by atoms with Gasteiger partial charge in [-0.3, -0.25) is 0 Å². The smallest absolute Gasteiger partial charge is 0.343 e. The molecular formula is C20H9F4NO3. The number of aromatic nitrogens is 1. The second-order valence-corrected chi connectivity index (χ2v) is 5.84. The maximum Gasteiger partial charge on any atom is 0.343 e. The summed E-state index contributed by atoms with van der Waals surface area (Å²) in [7, 11) is 0. The third-order valence-electron chi connectivity index (χ3n) is 3.99. The molecule has 4 aromatic rings. The van der Waals surface area contributed by atoms with Crippen molar-refractivity contribution in [2.45, 2.75) is 0 Å². The summed E-state index contributed by atoms with van der Waals surface area (Å²) in [5.74, 6) is -5.35. The number of hydrogen-bond donors (Lipinski definition) is 0. The van der Waals surface area contributed by atoms with Gasteiger partial charge in [-0.2, -0.15) is 0 Å². The molecule has 8 heteroatoms. The van der Waals surface area contributed by atoms with Crippen molar-refractivity contribution in [1.82, 2.24) is 5.16 Å². The highest BCUT2D eigenvalue weighted by Crippen LogP contribution is 2.32. The molecule has 0 unspecified atom stereocenters. The molecule has 0 atom stereocenters. The van der Waals surface area contributed by atoms with E-state index in [0.717, 1.165) is 24.3 Å². The lowest BCUT2D eigenvalue weighted by Crippen LogP contribution is -2.08. The minimum absolute atomic E-state index is 0.00814. The number of fused-ring (bicyclic) bond motifs is 1. The molecule has 4 nitrogen and oxygen atoms in total. The molecule has 0 bridgehead atoms. The number of halogens is 4. The van der Waals surface area contributed by atoms with Crippen molar-refractivity contribution in [3.63, 3.8) is 0 Å². The fourth-order valence-electron chi connectivity index (χ4n) is 2.63. The number of carbonyl (C=O) groups excluding carboxylic acids is 1. The largest absolute Gasteiger partial charge is 0.423 e. The van der Waals surface area contributed by atoms with Gasteiger partial charge in [0.25, 0.3) is 0 Å². The average Bonchev–Trinajstić information content (AvgIpc) is 3.09. The summed E-state index contributed by atoms with van der Waals surface area (Å²) < 4.78 is 63.3. The van der Waals surface area contributed by atoms with Gasteiger partial charge in [-0.1, -0.05) is 5.16 Å². The monoisotopic (exact) mass is 387 g/mol. The standard InChI is InChI=1S/C20H9F4NO3/c21-12-3-1-10(2-4-12)20(26)27-13-5-6-14-17(9-13)28-25-19(14)11-7-15(22)18(24)16(23)8-11/h1-9H. The van der Waals surface area contributed by atoms with Gasteiger partial charge in [0.2, 0.25) is 0 Å². The van der Waals surface area contributed by atoms with Crippen molar-refractivity contribution in [3.8, 4) is 17.0 Å². The first kappa shape index (κ1) is 17.7. The SMILES string of the molecule is O=C(Oc1ccc2c(-c3cc(F)c(F)c(F)c3)noc2c1)c1ccc(F)cc1. The van der Waals surface area contributed by atoms with Crippen molar-refractivity contribution in [2.75, 3.05) is 0 Å². The first-order valence-corrected chi connectivity index (χ1v) is 7.94. The normalized spacial score (nSPS) is 11.0. The van der Waals surface area contributed by atoms with Crippen LogP contribution in [0, 0.1) is 23.3 Å². The Labute approximate surface area is 154 Å². The van der Waals surface area contributed by atoms with Gasteiger partial charge in [0.15, 0.2) is 23.0 Å². The van der Waals surface area contributed by atoms with Crippen molar-refractivity contribution in [3.05, 3.63) is 83.4 Å². The molecule has 0 saturated heterocycles. The number of rotatable bonds is 3. The maximum absolute atomic E-state index is 13.5. The Bertz CT molecular complexity index is 1180. The van der Waals surface area contributed by atoms with Crippen molar-refractivity contribution in [2.24, 2.45) is 0 Å². The minimum Gasteiger partial charge on any atom is -0.423 e. The summed E-state index contributed by atoms with van der Waals surface area (Å²) in [6.45, 7) is 0. The number of benzene rings is 3. The Hall–Kier alpha value is -3.68. The number of esters is 1. The van der Waals surface area contributed by atoms with Crippen LogP contribution in [-0.4, -0.2) is 11.1 Å². The molecule has 0 N–H and O–H groups in total. The van der Waals surface area contributed by atoms with Gasteiger partial charge in [-0.15, -0.1) is 0 Å². The molecule has 0 aliphatic rings. The molecule has 0 saturated carbocycles. The second-order valence-electron chi connectivity index (χ2n) is 5.84. The Morgan fingerprint density at radius 1 is 0.893 bits per heavy atom. The molecule has 0 aliphatic heterocycles. The fourth-order valence-corrected chi connectivity index (χ4v) is 2.63. The van der Waals surface area contributed by atoms with E-state index in [-0.39, 0.29) is 28.2 Å². The van der Waals surface area contributed by atoms with E-state index < -0.39 is 29.2 Å². The summed E-state index contributed by atoms with van der Waals surface area (Å²) >= 11 is 0. The van der Waals surface area contributed by atoms with Crippen LogP contribution < -0.4 is 4.74 Å². The van der Waals surface area contributed by atoms with E-state index in [1.807, 2.05) is 0 Å². The summed E-state index contributed by atoms with van der Waals surface area (Å²) in [5.41, 5.74) is 0.428. The molecule has 0 amide bonds. The molecule has 0 spiro atoms. The molecule has 28 heavy (non-hydrogen) atoms. The predicted molar refractivity (Wildman–Crippen MR) is 90.7 cm³/mol. The van der Waals surface area contributed by atoms with Crippen LogP contribution in [0.3, 0.4) is 0 Å². The van der Waals surface area contributed by atoms with E-state index in [0.29, 0.717) is 5.39 Å². The van der Waals surface area contributed by atoms with Crippen molar-refractivity contribution >= 4 is 16.9 Å². The predicted octanol–water partition coefficient (Wildman–Crippen LogP) is 5.27. The topological polar surface area (TPSA) is 52.3 Å². The van der Waals surface area contributed by atoms with E-state index in [9.17, 15) is 22.4 Å². The molecule has 3 aromatic carbocycles. The first-order chi connectivity index (χ1) is 13.4. The highest BCUT2D eigenvalue weighted by atomic mass is 19.2. The van der Waals surface area contributed by atoms with Crippen LogP contribution in [0.1, 0.15) is 10.4 Å². The number of nitrogens with zero attached hydrogens (tertiary/aromatic N) is 1. The summed E-state index contributed by atoms with van der Waals surface area (Å²) in [6.07, 6.45) is 0. The van der Waals surface area contributed by atoms with Gasteiger partial charge in [-0.05, 0) is 48.5 Å². The van der Waals surface area contributed by atoms with E-state index in [4.69, 9.17) is 9.26 Å². The summed E-state index contributed by atoms with van der Waals surface area (Å²) in [4.78, 5) is 12.1. The zero-order valence-electron chi connectivity index (χ0n) is 13.9.